The Kier molecular flexibility index (Phi) is 14.2. The van der Waals surface area contributed by atoms with Crippen molar-refractivity contribution in [3.63, 3.8) is 0 Å². The largest absolute Gasteiger partial charge is 0.477 e. The predicted molar refractivity (Wildman–Crippen MR) is 132 cm³/mol. The minimum absolute atomic E-state index is 0.0712. The normalized spacial score (nSPS) is 15.1. The molecule has 0 radical (unpaired) electrons. The van der Waals surface area contributed by atoms with Crippen LogP contribution in [-0.2, 0) is 9.59 Å². The second-order valence-corrected chi connectivity index (χ2v) is 10.0. The zero-order valence-electron chi connectivity index (χ0n) is 20.2. The van der Waals surface area contributed by atoms with Crippen LogP contribution in [0.25, 0.3) is 0 Å². The zero-order chi connectivity index (χ0) is 24.7. The molecule has 1 heterocycles. The summed E-state index contributed by atoms with van der Waals surface area (Å²) in [7, 11) is 4.01. The van der Waals surface area contributed by atoms with Crippen molar-refractivity contribution in [3.8, 4) is 11.8 Å². The van der Waals surface area contributed by atoms with E-state index in [1.165, 1.54) is 16.9 Å². The van der Waals surface area contributed by atoms with Crippen LogP contribution < -0.4 is 5.73 Å². The first-order valence-electron chi connectivity index (χ1n) is 10.7. The van der Waals surface area contributed by atoms with Crippen molar-refractivity contribution in [1.29, 1.82) is 0 Å². The Morgan fingerprint density at radius 2 is 1.97 bits per heavy atom. The van der Waals surface area contributed by atoms with E-state index in [4.69, 9.17) is 4.79 Å². The summed E-state index contributed by atoms with van der Waals surface area (Å²) in [5, 5.41) is 9.44. The number of hydrogen-bond donors (Lipinski definition) is 2. The molecule has 3 N–H and O–H groups in total. The molecule has 178 valence electrons. The van der Waals surface area contributed by atoms with Gasteiger partial charge in [0.2, 0.25) is 6.41 Å². The van der Waals surface area contributed by atoms with E-state index >= 15 is 0 Å². The number of amides is 1. The maximum Gasteiger partial charge on any atom is 0.346 e. The highest BCUT2D eigenvalue weighted by atomic mass is 32.1. The Morgan fingerprint density at radius 1 is 1.34 bits per heavy atom. The number of aldehydes is 1. The number of carbonyl (C=O) groups excluding carboxylic acids is 2. The summed E-state index contributed by atoms with van der Waals surface area (Å²) in [6, 6.07) is 1.99. The van der Waals surface area contributed by atoms with Crippen molar-refractivity contribution in [2.75, 3.05) is 20.6 Å². The molecule has 1 unspecified atom stereocenters. The summed E-state index contributed by atoms with van der Waals surface area (Å²) in [5.74, 6) is 5.81. The molecule has 1 atom stereocenters. The van der Waals surface area contributed by atoms with E-state index in [1.807, 2.05) is 20.2 Å². The van der Waals surface area contributed by atoms with Gasteiger partial charge < -0.3 is 20.5 Å². The Balaban J connectivity index is 0.000000732. The van der Waals surface area contributed by atoms with Gasteiger partial charge in [-0.25, -0.2) is 4.79 Å². The molecular formula is C25H38N2O4S. The number of thiophene rings is 1. The van der Waals surface area contributed by atoms with Gasteiger partial charge in [-0.2, -0.15) is 0 Å². The minimum atomic E-state index is -0.829. The first-order chi connectivity index (χ1) is 14.9. The Labute approximate surface area is 196 Å². The van der Waals surface area contributed by atoms with Gasteiger partial charge in [0.25, 0.3) is 0 Å². The first-order valence-corrected chi connectivity index (χ1v) is 11.6. The molecular weight excluding hydrogens is 424 g/mol. The number of aromatic carboxylic acids is 1. The number of primary amides is 1. The lowest BCUT2D eigenvalue weighted by Gasteiger charge is -2.20. The first kappa shape index (κ1) is 29.6. The number of allylic oxidation sites excluding steroid dienone is 2. The van der Waals surface area contributed by atoms with Gasteiger partial charge >= 0.3 is 5.97 Å². The van der Waals surface area contributed by atoms with Gasteiger partial charge in [0.15, 0.2) is 0 Å². The SMILES string of the molecule is CC1=CCC(c2cc(C#CC(C)(C)C)sc2C(=O)O)CC1.CN(C)CCCC=O.NC=O. The second-order valence-electron chi connectivity index (χ2n) is 8.97. The fourth-order valence-electron chi connectivity index (χ4n) is 2.92. The number of carbonyl (C=O) groups is 3. The van der Waals surface area contributed by atoms with Crippen molar-refractivity contribution in [1.82, 2.24) is 4.90 Å². The van der Waals surface area contributed by atoms with E-state index in [-0.39, 0.29) is 11.8 Å². The third kappa shape index (κ3) is 13.1. The third-order valence-electron chi connectivity index (χ3n) is 4.52. The summed E-state index contributed by atoms with van der Waals surface area (Å²) in [6.45, 7) is 9.32. The van der Waals surface area contributed by atoms with Crippen LogP contribution in [0.4, 0.5) is 0 Å². The molecule has 0 saturated heterocycles. The van der Waals surface area contributed by atoms with Crippen LogP contribution in [0.15, 0.2) is 17.7 Å². The molecule has 0 saturated carbocycles. The van der Waals surface area contributed by atoms with Crippen molar-refractivity contribution in [3.05, 3.63) is 33.0 Å². The van der Waals surface area contributed by atoms with Crippen LogP contribution in [0.2, 0.25) is 0 Å². The molecule has 1 aromatic heterocycles. The fraction of sp³-hybridized carbons (Fsp3) is 0.560. The highest BCUT2D eigenvalue weighted by molar-refractivity contribution is 7.14. The predicted octanol–water partition coefficient (Wildman–Crippen LogP) is 4.69. The smallest absolute Gasteiger partial charge is 0.346 e. The maximum absolute atomic E-state index is 11.5. The third-order valence-corrected chi connectivity index (χ3v) is 5.58. The highest BCUT2D eigenvalue weighted by Crippen LogP contribution is 2.37. The van der Waals surface area contributed by atoms with Gasteiger partial charge in [-0.1, -0.05) is 23.5 Å². The van der Waals surface area contributed by atoms with Crippen LogP contribution in [0, 0.1) is 17.3 Å². The van der Waals surface area contributed by atoms with E-state index in [9.17, 15) is 14.7 Å². The summed E-state index contributed by atoms with van der Waals surface area (Å²) in [6.07, 6.45) is 8.15. The molecule has 1 aromatic rings. The molecule has 0 fully saturated rings. The maximum atomic E-state index is 11.5. The number of carboxylic acids is 1. The molecule has 7 heteroatoms. The average molecular weight is 463 g/mol. The molecule has 32 heavy (non-hydrogen) atoms. The van der Waals surface area contributed by atoms with Crippen molar-refractivity contribution in [2.45, 2.75) is 65.7 Å². The van der Waals surface area contributed by atoms with E-state index in [0.29, 0.717) is 17.2 Å². The van der Waals surface area contributed by atoms with Crippen LogP contribution in [0.1, 0.15) is 85.8 Å². The van der Waals surface area contributed by atoms with Gasteiger partial charge in [-0.15, -0.1) is 11.3 Å². The molecule has 0 aromatic carbocycles. The molecule has 0 bridgehead atoms. The Bertz CT molecular complexity index is 823. The van der Waals surface area contributed by atoms with Crippen molar-refractivity contribution < 1.29 is 19.5 Å². The summed E-state index contributed by atoms with van der Waals surface area (Å²) in [5.41, 5.74) is 6.47. The Morgan fingerprint density at radius 3 is 2.41 bits per heavy atom. The van der Waals surface area contributed by atoms with Gasteiger partial charge in [-0.3, -0.25) is 4.79 Å². The van der Waals surface area contributed by atoms with Crippen molar-refractivity contribution in [2.24, 2.45) is 11.1 Å². The fourth-order valence-corrected chi connectivity index (χ4v) is 3.86. The molecule has 1 amide bonds. The van der Waals surface area contributed by atoms with Crippen LogP contribution in [0.5, 0.6) is 0 Å². The summed E-state index contributed by atoms with van der Waals surface area (Å²) in [4.78, 5) is 33.2. The second kappa shape index (κ2) is 15.4. The number of hydrogen-bond acceptors (Lipinski definition) is 5. The molecule has 0 aliphatic heterocycles. The lowest BCUT2D eigenvalue weighted by atomic mass is 9.85. The van der Waals surface area contributed by atoms with Gasteiger partial charge in [0, 0.05) is 11.8 Å². The van der Waals surface area contributed by atoms with E-state index in [1.54, 1.807) is 0 Å². The van der Waals surface area contributed by atoms with Crippen LogP contribution in [0.3, 0.4) is 0 Å². The number of nitrogens with two attached hydrogens (primary N) is 1. The Hall–Kier alpha value is -2.43. The highest BCUT2D eigenvalue weighted by Gasteiger charge is 2.23. The number of rotatable bonds is 6. The monoisotopic (exact) mass is 462 g/mol. The number of unbranched alkanes of at least 4 members (excludes halogenated alkanes) is 1. The van der Waals surface area contributed by atoms with Gasteiger partial charge in [0.05, 0.1) is 4.88 Å². The minimum Gasteiger partial charge on any atom is -0.477 e. The van der Waals surface area contributed by atoms with Gasteiger partial charge in [-0.05, 0) is 91.6 Å². The topological polar surface area (TPSA) is 101 Å². The van der Waals surface area contributed by atoms with Crippen LogP contribution in [-0.4, -0.2) is 49.3 Å². The van der Waals surface area contributed by atoms with Gasteiger partial charge in [0.1, 0.15) is 11.2 Å². The number of nitrogens with zero attached hydrogens (tertiary/aromatic N) is 1. The molecule has 6 nitrogen and oxygen atoms in total. The average Bonchev–Trinajstić information content (AvgIpc) is 3.12. The van der Waals surface area contributed by atoms with Crippen molar-refractivity contribution >= 4 is 30.0 Å². The molecule has 1 aliphatic carbocycles. The van der Waals surface area contributed by atoms with Crippen LogP contribution >= 0.6 is 11.3 Å². The standard InChI is InChI=1S/C18H22O2S.C6H13NO.CH3NO/c1-12-5-7-13(8-6-12)15-11-14(9-10-18(2,3)4)21-16(15)17(19)20;1-7(2)5-3-4-6-8;2-1-3/h5,11,13H,6-8H2,1-4H3,(H,19,20);6H,3-5H2,1-2H3;1H,(H2,2,3). The van der Waals surface area contributed by atoms with E-state index < -0.39 is 5.97 Å². The quantitative estimate of drug-likeness (QED) is 0.276. The number of carboxylic acid groups (broad SMARTS) is 1. The summed E-state index contributed by atoms with van der Waals surface area (Å²) < 4.78 is 0. The molecule has 2 rings (SSSR count). The lowest BCUT2D eigenvalue weighted by Crippen LogP contribution is -2.12. The molecule has 1 aliphatic rings. The van der Waals surface area contributed by atoms with E-state index in [0.717, 1.165) is 49.0 Å². The summed E-state index contributed by atoms with van der Waals surface area (Å²) >= 11 is 1.31. The zero-order valence-corrected chi connectivity index (χ0v) is 21.1. The van der Waals surface area contributed by atoms with E-state index in [2.05, 4.69) is 56.2 Å². The molecule has 0 spiro atoms. The lowest BCUT2D eigenvalue weighted by molar-refractivity contribution is -0.108.